The van der Waals surface area contributed by atoms with E-state index in [1.54, 1.807) is 16.4 Å². The van der Waals surface area contributed by atoms with Crippen molar-refractivity contribution in [2.75, 3.05) is 23.4 Å². The number of thioether (sulfide) groups is 1. The van der Waals surface area contributed by atoms with Crippen LogP contribution < -0.4 is 5.32 Å². The van der Waals surface area contributed by atoms with E-state index in [1.807, 2.05) is 13.2 Å². The number of aryl methyl sites for hydroxylation is 1. The van der Waals surface area contributed by atoms with Gasteiger partial charge in [0.1, 0.15) is 12.1 Å². The zero-order valence-corrected chi connectivity index (χ0v) is 10.9. The van der Waals surface area contributed by atoms with Crippen LogP contribution in [0.3, 0.4) is 0 Å². The highest BCUT2D eigenvalue weighted by atomic mass is 32.2. The van der Waals surface area contributed by atoms with Gasteiger partial charge >= 0.3 is 0 Å². The summed E-state index contributed by atoms with van der Waals surface area (Å²) in [7, 11) is 1.85. The third kappa shape index (κ3) is 2.15. The topological polar surface area (TPSA) is 75.9 Å². The number of nitrogens with one attached hydrogen (secondary N) is 1. The number of hydrogen-bond acceptors (Lipinski definition) is 6. The van der Waals surface area contributed by atoms with E-state index in [9.17, 15) is 5.11 Å². The van der Waals surface area contributed by atoms with Gasteiger partial charge in [0.25, 0.3) is 0 Å². The Balaban J connectivity index is 1.82. The summed E-state index contributed by atoms with van der Waals surface area (Å²) in [6, 6.07) is 0. The first-order valence-corrected chi connectivity index (χ1v) is 7.00. The van der Waals surface area contributed by atoms with Crippen LogP contribution in [-0.2, 0) is 7.05 Å². The molecule has 6 nitrogen and oxygen atoms in total. The fourth-order valence-electron chi connectivity index (χ4n) is 2.07. The van der Waals surface area contributed by atoms with Crippen molar-refractivity contribution in [3.8, 4) is 0 Å². The van der Waals surface area contributed by atoms with Gasteiger partial charge in [-0.25, -0.2) is 9.97 Å². The van der Waals surface area contributed by atoms with E-state index in [0.29, 0.717) is 12.2 Å². The van der Waals surface area contributed by atoms with Crippen LogP contribution in [0, 0.1) is 0 Å². The number of hydrogen-bond donors (Lipinski definition) is 2. The summed E-state index contributed by atoms with van der Waals surface area (Å²) in [4.78, 5) is 8.33. The molecule has 1 unspecified atom stereocenters. The molecule has 0 aliphatic carbocycles. The maximum absolute atomic E-state index is 10.3. The molecule has 0 amide bonds. The maximum atomic E-state index is 10.3. The summed E-state index contributed by atoms with van der Waals surface area (Å²) in [6.07, 6.45) is 4.20. The van der Waals surface area contributed by atoms with Crippen LogP contribution in [0.4, 0.5) is 5.82 Å². The van der Waals surface area contributed by atoms with Gasteiger partial charge in [-0.1, -0.05) is 0 Å². The van der Waals surface area contributed by atoms with Crippen LogP contribution in [0.5, 0.6) is 0 Å². The van der Waals surface area contributed by atoms with Gasteiger partial charge in [0.15, 0.2) is 5.65 Å². The predicted molar refractivity (Wildman–Crippen MR) is 71.7 cm³/mol. The average molecular weight is 265 g/mol. The number of rotatable bonds is 3. The van der Waals surface area contributed by atoms with Crippen molar-refractivity contribution in [3.05, 3.63) is 12.5 Å². The highest BCUT2D eigenvalue weighted by molar-refractivity contribution is 7.99. The molecule has 1 aliphatic heterocycles. The monoisotopic (exact) mass is 265 g/mol. The van der Waals surface area contributed by atoms with Crippen LogP contribution in [-0.4, -0.2) is 48.5 Å². The van der Waals surface area contributed by atoms with Crippen molar-refractivity contribution in [3.63, 3.8) is 0 Å². The Labute approximate surface area is 109 Å². The van der Waals surface area contributed by atoms with E-state index < -0.39 is 5.60 Å². The molecule has 0 saturated carbocycles. The summed E-state index contributed by atoms with van der Waals surface area (Å²) >= 11 is 1.78. The van der Waals surface area contributed by atoms with Crippen LogP contribution >= 0.6 is 11.8 Å². The Bertz CT molecular complexity index is 564. The number of aromatic nitrogens is 4. The zero-order valence-electron chi connectivity index (χ0n) is 10.1. The predicted octanol–water partition coefficient (Wildman–Crippen LogP) is 0.643. The lowest BCUT2D eigenvalue weighted by Crippen LogP contribution is -2.36. The summed E-state index contributed by atoms with van der Waals surface area (Å²) < 4.78 is 1.71. The lowest BCUT2D eigenvalue weighted by atomic mass is 10.0. The molecule has 2 aromatic rings. The second-order valence-electron chi connectivity index (χ2n) is 4.64. The molecule has 1 saturated heterocycles. The van der Waals surface area contributed by atoms with Crippen molar-refractivity contribution < 1.29 is 5.11 Å². The first-order chi connectivity index (χ1) is 8.66. The Hall–Kier alpha value is -1.34. The lowest BCUT2D eigenvalue weighted by molar-refractivity contribution is 0.0819. The molecule has 0 aromatic carbocycles. The molecule has 3 rings (SSSR count). The third-order valence-electron chi connectivity index (χ3n) is 3.10. The molecular weight excluding hydrogens is 250 g/mol. The molecule has 1 atom stereocenters. The Morgan fingerprint density at radius 3 is 3.22 bits per heavy atom. The fraction of sp³-hybridized carbons (Fsp3) is 0.545. The minimum absolute atomic E-state index is 0.515. The van der Waals surface area contributed by atoms with Gasteiger partial charge in [0, 0.05) is 25.5 Å². The number of anilines is 1. The molecule has 1 fully saturated rings. The van der Waals surface area contributed by atoms with Gasteiger partial charge in [0.05, 0.1) is 11.0 Å². The Kier molecular flexibility index (Phi) is 2.87. The van der Waals surface area contributed by atoms with Crippen molar-refractivity contribution in [2.45, 2.75) is 12.0 Å². The van der Waals surface area contributed by atoms with Crippen molar-refractivity contribution >= 4 is 28.6 Å². The van der Waals surface area contributed by atoms with Gasteiger partial charge in [-0.2, -0.15) is 16.9 Å². The Morgan fingerprint density at radius 2 is 2.44 bits per heavy atom. The molecule has 0 spiro atoms. The second kappa shape index (κ2) is 4.40. The molecular formula is C11H15N5OS. The average Bonchev–Trinajstić information content (AvgIpc) is 2.92. The second-order valence-corrected chi connectivity index (χ2v) is 5.75. The molecule has 2 aromatic heterocycles. The summed E-state index contributed by atoms with van der Waals surface area (Å²) in [5.74, 6) is 2.53. The fourth-order valence-corrected chi connectivity index (χ4v) is 3.37. The van der Waals surface area contributed by atoms with E-state index in [-0.39, 0.29) is 0 Å². The van der Waals surface area contributed by atoms with Crippen LogP contribution in [0.25, 0.3) is 11.0 Å². The van der Waals surface area contributed by atoms with Crippen molar-refractivity contribution in [2.24, 2.45) is 7.05 Å². The minimum atomic E-state index is -0.621. The molecule has 1 aliphatic rings. The van der Waals surface area contributed by atoms with E-state index >= 15 is 0 Å². The van der Waals surface area contributed by atoms with Crippen molar-refractivity contribution in [1.82, 2.24) is 19.7 Å². The first kappa shape index (κ1) is 11.7. The summed E-state index contributed by atoms with van der Waals surface area (Å²) in [5, 5.41) is 18.6. The molecule has 2 N–H and O–H groups in total. The van der Waals surface area contributed by atoms with Crippen LogP contribution in [0.2, 0.25) is 0 Å². The van der Waals surface area contributed by atoms with E-state index in [1.165, 1.54) is 6.33 Å². The summed E-state index contributed by atoms with van der Waals surface area (Å²) in [6.45, 7) is 0.515. The number of nitrogens with zero attached hydrogens (tertiary/aromatic N) is 4. The number of aliphatic hydroxyl groups is 1. The van der Waals surface area contributed by atoms with E-state index in [4.69, 9.17) is 0 Å². The van der Waals surface area contributed by atoms with Crippen molar-refractivity contribution in [1.29, 1.82) is 0 Å². The maximum Gasteiger partial charge on any atom is 0.186 e. The zero-order chi connectivity index (χ0) is 12.6. The van der Waals surface area contributed by atoms with E-state index in [2.05, 4.69) is 20.4 Å². The SMILES string of the molecule is Cn1cc2c(NCC3(O)CCSC3)ncnc2n1. The van der Waals surface area contributed by atoms with Crippen LogP contribution in [0.1, 0.15) is 6.42 Å². The summed E-state index contributed by atoms with van der Waals surface area (Å²) in [5.41, 5.74) is 0.0484. The Morgan fingerprint density at radius 1 is 1.56 bits per heavy atom. The third-order valence-corrected chi connectivity index (χ3v) is 4.33. The van der Waals surface area contributed by atoms with Crippen LogP contribution in [0.15, 0.2) is 12.5 Å². The largest absolute Gasteiger partial charge is 0.387 e. The van der Waals surface area contributed by atoms with Gasteiger partial charge < -0.3 is 10.4 Å². The standard InChI is InChI=1S/C11H15N5OS/c1-16-4-8-9(13-7-14-10(8)15-16)12-5-11(17)2-3-18-6-11/h4,7,17H,2-3,5-6H2,1H3,(H,12,13,14,15). The molecule has 96 valence electrons. The highest BCUT2D eigenvalue weighted by Crippen LogP contribution is 2.28. The molecule has 3 heterocycles. The molecule has 0 bridgehead atoms. The van der Waals surface area contributed by atoms with E-state index in [0.717, 1.165) is 29.1 Å². The number of fused-ring (bicyclic) bond motifs is 1. The van der Waals surface area contributed by atoms with Gasteiger partial charge in [-0.15, -0.1) is 0 Å². The van der Waals surface area contributed by atoms with Gasteiger partial charge in [-0.3, -0.25) is 4.68 Å². The van der Waals surface area contributed by atoms with Gasteiger partial charge in [-0.05, 0) is 12.2 Å². The lowest BCUT2D eigenvalue weighted by Gasteiger charge is -2.21. The van der Waals surface area contributed by atoms with Gasteiger partial charge in [0.2, 0.25) is 0 Å². The quantitative estimate of drug-likeness (QED) is 0.848. The molecule has 18 heavy (non-hydrogen) atoms. The highest BCUT2D eigenvalue weighted by Gasteiger charge is 2.31. The molecule has 7 heteroatoms. The molecule has 0 radical (unpaired) electrons. The normalized spacial score (nSPS) is 23.7. The smallest absolute Gasteiger partial charge is 0.186 e. The minimum Gasteiger partial charge on any atom is -0.387 e. The first-order valence-electron chi connectivity index (χ1n) is 5.85.